The molecule has 0 atom stereocenters. The lowest BCUT2D eigenvalue weighted by Gasteiger charge is -2.21. The molecule has 156 valence electrons. The summed E-state index contributed by atoms with van der Waals surface area (Å²) in [5, 5.41) is 4.64. The van der Waals surface area contributed by atoms with Crippen molar-refractivity contribution in [3.63, 3.8) is 0 Å². The summed E-state index contributed by atoms with van der Waals surface area (Å²) < 4.78 is 1.75. The van der Waals surface area contributed by atoms with Gasteiger partial charge in [-0.25, -0.2) is 14.6 Å². The number of carbonyl (C=O) groups excluding carboxylic acids is 1. The zero-order valence-corrected chi connectivity index (χ0v) is 18.3. The predicted molar refractivity (Wildman–Crippen MR) is 117 cm³/mol. The summed E-state index contributed by atoms with van der Waals surface area (Å²) in [7, 11) is 2.08. The Balaban J connectivity index is 1.59. The van der Waals surface area contributed by atoms with Crippen molar-refractivity contribution in [2.45, 2.75) is 40.7 Å². The van der Waals surface area contributed by atoms with E-state index in [1.54, 1.807) is 4.68 Å². The maximum absolute atomic E-state index is 13.2. The average molecular weight is 405 g/mol. The number of carbonyl (C=O) groups is 1. The summed E-state index contributed by atoms with van der Waals surface area (Å²) >= 11 is 0. The zero-order valence-electron chi connectivity index (χ0n) is 18.3. The molecule has 0 N–H and O–H groups in total. The second-order valence-corrected chi connectivity index (χ2v) is 8.05. The maximum atomic E-state index is 13.2. The van der Waals surface area contributed by atoms with Gasteiger partial charge in [0, 0.05) is 55.0 Å². The molecule has 3 heterocycles. The van der Waals surface area contributed by atoms with Crippen molar-refractivity contribution in [2.75, 3.05) is 25.0 Å². The third kappa shape index (κ3) is 3.79. The molecule has 0 unspecified atom stereocenters. The van der Waals surface area contributed by atoms with Gasteiger partial charge in [0.2, 0.25) is 5.91 Å². The Labute approximate surface area is 177 Å². The first-order valence-corrected chi connectivity index (χ1v) is 10.3. The number of hydrogen-bond donors (Lipinski definition) is 0. The fourth-order valence-electron chi connectivity index (χ4n) is 4.10. The van der Waals surface area contributed by atoms with E-state index in [0.717, 1.165) is 34.9 Å². The molecule has 0 bridgehead atoms. The molecule has 1 aliphatic heterocycles. The molecule has 7 nitrogen and oxygen atoms in total. The lowest BCUT2D eigenvalue weighted by atomic mass is 10.1. The van der Waals surface area contributed by atoms with Gasteiger partial charge in [0.1, 0.15) is 0 Å². The molecular weight excluding hydrogens is 376 g/mol. The Hall–Kier alpha value is -3.22. The van der Waals surface area contributed by atoms with E-state index in [4.69, 9.17) is 0 Å². The quantitative estimate of drug-likeness (QED) is 0.671. The Bertz CT molecular complexity index is 1080. The van der Waals surface area contributed by atoms with Crippen LogP contribution in [-0.2, 0) is 17.8 Å². The molecule has 3 aromatic rings. The minimum atomic E-state index is 0.118. The monoisotopic (exact) mass is 404 g/mol. The molecule has 30 heavy (non-hydrogen) atoms. The number of nitrogens with zero attached hydrogens (tertiary/aromatic N) is 6. The number of rotatable bonds is 3. The topological polar surface area (TPSA) is 67.2 Å². The lowest BCUT2D eigenvalue weighted by Crippen LogP contribution is -2.35. The second kappa shape index (κ2) is 7.89. The highest BCUT2D eigenvalue weighted by atomic mass is 16.2. The van der Waals surface area contributed by atoms with Crippen molar-refractivity contribution in [2.24, 2.45) is 0 Å². The fourth-order valence-corrected chi connectivity index (χ4v) is 4.10. The van der Waals surface area contributed by atoms with Gasteiger partial charge in [-0.15, -0.1) is 0 Å². The predicted octanol–water partition coefficient (Wildman–Crippen LogP) is 2.92. The van der Waals surface area contributed by atoms with E-state index in [9.17, 15) is 4.79 Å². The highest BCUT2D eigenvalue weighted by molar-refractivity contribution is 5.80. The summed E-state index contributed by atoms with van der Waals surface area (Å²) in [6, 6.07) is 10.2. The number of para-hydroxylation sites is 1. The van der Waals surface area contributed by atoms with Crippen LogP contribution in [-0.4, -0.2) is 50.7 Å². The second-order valence-electron chi connectivity index (χ2n) is 8.05. The largest absolute Gasteiger partial charge is 0.373 e. The normalized spacial score (nSPS) is 13.9. The minimum absolute atomic E-state index is 0.118. The highest BCUT2D eigenvalue weighted by Gasteiger charge is 2.24. The summed E-state index contributed by atoms with van der Waals surface area (Å²) in [5.41, 5.74) is 6.88. The molecular formula is C23H28N6O. The van der Waals surface area contributed by atoms with Crippen LogP contribution >= 0.6 is 0 Å². The van der Waals surface area contributed by atoms with E-state index < -0.39 is 0 Å². The Morgan fingerprint density at radius 3 is 2.47 bits per heavy atom. The van der Waals surface area contributed by atoms with Crippen molar-refractivity contribution in [3.05, 3.63) is 64.2 Å². The van der Waals surface area contributed by atoms with Crippen LogP contribution in [0.2, 0.25) is 0 Å². The van der Waals surface area contributed by atoms with E-state index in [1.165, 1.54) is 11.3 Å². The fraction of sp³-hybridized carbons (Fsp3) is 0.391. The lowest BCUT2D eigenvalue weighted by molar-refractivity contribution is -0.130. The minimum Gasteiger partial charge on any atom is -0.373 e. The van der Waals surface area contributed by atoms with Gasteiger partial charge in [0.15, 0.2) is 0 Å². The Morgan fingerprint density at radius 1 is 1.03 bits per heavy atom. The molecule has 4 rings (SSSR count). The molecule has 0 aliphatic carbocycles. The SMILES string of the molecule is Cc1cc(C)nc(-n2nc(C)c(CC(=O)N3CCN(C)c4ccccc4C3)c2C)n1. The van der Waals surface area contributed by atoms with E-state index in [1.807, 2.05) is 50.8 Å². The van der Waals surface area contributed by atoms with Crippen LogP contribution in [0, 0.1) is 27.7 Å². The van der Waals surface area contributed by atoms with Crippen LogP contribution in [0.25, 0.3) is 5.95 Å². The summed E-state index contributed by atoms with van der Waals surface area (Å²) in [5.74, 6) is 0.671. The van der Waals surface area contributed by atoms with E-state index >= 15 is 0 Å². The van der Waals surface area contributed by atoms with Crippen LogP contribution in [0.15, 0.2) is 30.3 Å². The number of benzene rings is 1. The van der Waals surface area contributed by atoms with Crippen LogP contribution < -0.4 is 4.90 Å². The van der Waals surface area contributed by atoms with E-state index in [0.29, 0.717) is 25.5 Å². The molecule has 0 spiro atoms. The van der Waals surface area contributed by atoms with Crippen LogP contribution in [0.5, 0.6) is 0 Å². The molecule has 1 aromatic carbocycles. The number of aromatic nitrogens is 4. The number of hydrogen-bond acceptors (Lipinski definition) is 5. The van der Waals surface area contributed by atoms with E-state index in [-0.39, 0.29) is 5.91 Å². The van der Waals surface area contributed by atoms with Gasteiger partial charge in [-0.3, -0.25) is 4.79 Å². The van der Waals surface area contributed by atoms with Gasteiger partial charge in [-0.05, 0) is 45.4 Å². The molecule has 1 aliphatic rings. The van der Waals surface area contributed by atoms with Crippen LogP contribution in [0.3, 0.4) is 0 Å². The van der Waals surface area contributed by atoms with Crippen molar-refractivity contribution in [1.82, 2.24) is 24.6 Å². The van der Waals surface area contributed by atoms with Crippen molar-refractivity contribution in [1.29, 1.82) is 0 Å². The van der Waals surface area contributed by atoms with Crippen LogP contribution in [0.1, 0.15) is 33.9 Å². The Kier molecular flexibility index (Phi) is 5.28. The summed E-state index contributed by atoms with van der Waals surface area (Å²) in [6.07, 6.45) is 0.328. The molecule has 1 amide bonds. The number of amides is 1. The standard InChI is InChI=1S/C23H28N6O/c1-15-12-16(2)25-23(24-15)29-18(4)20(17(3)26-29)13-22(30)28-11-10-27(5)21-9-7-6-8-19(21)14-28/h6-9,12H,10-11,13-14H2,1-5H3. The van der Waals surface area contributed by atoms with Gasteiger partial charge >= 0.3 is 0 Å². The van der Waals surface area contributed by atoms with Crippen molar-refractivity contribution < 1.29 is 4.79 Å². The summed E-state index contributed by atoms with van der Waals surface area (Å²) in [4.78, 5) is 26.4. The zero-order chi connectivity index (χ0) is 21.4. The number of fused-ring (bicyclic) bond motifs is 1. The van der Waals surface area contributed by atoms with Crippen molar-refractivity contribution in [3.8, 4) is 5.95 Å². The molecule has 0 saturated heterocycles. The third-order valence-electron chi connectivity index (χ3n) is 5.75. The molecule has 7 heteroatoms. The molecule has 2 aromatic heterocycles. The van der Waals surface area contributed by atoms with Gasteiger partial charge in [0.25, 0.3) is 5.95 Å². The van der Waals surface area contributed by atoms with Gasteiger partial charge < -0.3 is 9.80 Å². The first-order valence-electron chi connectivity index (χ1n) is 10.3. The highest BCUT2D eigenvalue weighted by Crippen LogP contribution is 2.25. The van der Waals surface area contributed by atoms with Gasteiger partial charge in [-0.2, -0.15) is 5.10 Å². The van der Waals surface area contributed by atoms with E-state index in [2.05, 4.69) is 39.1 Å². The third-order valence-corrected chi connectivity index (χ3v) is 5.75. The average Bonchev–Trinajstić information content (AvgIpc) is 2.87. The number of anilines is 1. The van der Waals surface area contributed by atoms with Gasteiger partial charge in [-0.1, -0.05) is 18.2 Å². The van der Waals surface area contributed by atoms with Crippen molar-refractivity contribution >= 4 is 11.6 Å². The number of aryl methyl sites for hydroxylation is 3. The Morgan fingerprint density at radius 2 is 1.73 bits per heavy atom. The summed E-state index contributed by atoms with van der Waals surface area (Å²) in [6.45, 7) is 9.97. The molecule has 0 saturated carbocycles. The molecule has 0 radical (unpaired) electrons. The first-order chi connectivity index (χ1) is 14.3. The maximum Gasteiger partial charge on any atom is 0.251 e. The number of likely N-dealkylation sites (N-methyl/N-ethyl adjacent to an activating group) is 1. The van der Waals surface area contributed by atoms with Gasteiger partial charge in [0.05, 0.1) is 12.1 Å². The van der Waals surface area contributed by atoms with Crippen LogP contribution in [0.4, 0.5) is 5.69 Å². The first kappa shape index (κ1) is 20.1. The molecule has 0 fully saturated rings. The smallest absolute Gasteiger partial charge is 0.251 e.